The zero-order valence-corrected chi connectivity index (χ0v) is 11.6. The lowest BCUT2D eigenvalue weighted by Gasteiger charge is -2.26. The summed E-state index contributed by atoms with van der Waals surface area (Å²) < 4.78 is 5.75. The second kappa shape index (κ2) is 6.38. The van der Waals surface area contributed by atoms with Crippen molar-refractivity contribution in [3.05, 3.63) is 22.4 Å². The van der Waals surface area contributed by atoms with Crippen LogP contribution in [0.1, 0.15) is 32.6 Å². The molecule has 1 aromatic heterocycles. The van der Waals surface area contributed by atoms with Gasteiger partial charge in [-0.3, -0.25) is 0 Å². The lowest BCUT2D eigenvalue weighted by atomic mass is 9.94. The maximum atomic E-state index is 5.75. The summed E-state index contributed by atoms with van der Waals surface area (Å²) in [5.74, 6) is 0. The van der Waals surface area contributed by atoms with E-state index in [1.807, 2.05) is 0 Å². The fraction of sp³-hybridized carbons (Fsp3) is 0.692. The Morgan fingerprint density at radius 2 is 2.19 bits per heavy atom. The van der Waals surface area contributed by atoms with Crippen LogP contribution in [0, 0.1) is 5.41 Å². The summed E-state index contributed by atoms with van der Waals surface area (Å²) in [7, 11) is 0. The molecule has 1 aromatic rings. The van der Waals surface area contributed by atoms with Gasteiger partial charge in [0.05, 0.1) is 13.2 Å². The molecule has 0 amide bonds. The van der Waals surface area contributed by atoms with Gasteiger partial charge in [0, 0.05) is 22.9 Å². The van der Waals surface area contributed by atoms with Crippen LogP contribution in [0.3, 0.4) is 0 Å². The van der Waals surface area contributed by atoms with E-state index in [1.54, 1.807) is 11.3 Å². The van der Waals surface area contributed by atoms with E-state index in [2.05, 4.69) is 50.5 Å². The minimum atomic E-state index is 0.196. The molecule has 0 atom stereocenters. The van der Waals surface area contributed by atoms with Gasteiger partial charge in [0.1, 0.15) is 0 Å². The molecule has 0 aliphatic heterocycles. The molecular formula is C13H23NOS. The zero-order chi connectivity index (χ0) is 12.0. The molecule has 2 nitrogen and oxygen atoms in total. The quantitative estimate of drug-likeness (QED) is 0.791. The Kier molecular flexibility index (Phi) is 5.46. The van der Waals surface area contributed by atoms with E-state index in [-0.39, 0.29) is 5.41 Å². The van der Waals surface area contributed by atoms with Crippen molar-refractivity contribution in [2.45, 2.75) is 40.3 Å². The summed E-state index contributed by atoms with van der Waals surface area (Å²) >= 11 is 1.75. The van der Waals surface area contributed by atoms with Crippen LogP contribution in [0.15, 0.2) is 17.5 Å². The first-order valence-electron chi connectivity index (χ1n) is 5.83. The van der Waals surface area contributed by atoms with Crippen molar-refractivity contribution in [2.75, 3.05) is 13.2 Å². The first-order chi connectivity index (χ1) is 7.49. The average Bonchev–Trinajstić information content (AvgIpc) is 2.68. The molecule has 0 aliphatic rings. The fourth-order valence-electron chi connectivity index (χ4n) is 1.35. The van der Waals surface area contributed by atoms with Gasteiger partial charge in [-0.05, 0) is 11.4 Å². The van der Waals surface area contributed by atoms with E-state index in [4.69, 9.17) is 4.74 Å². The molecule has 0 saturated heterocycles. The molecule has 1 heterocycles. The first-order valence-corrected chi connectivity index (χ1v) is 6.71. The Bertz CT molecular complexity index is 280. The predicted molar refractivity (Wildman–Crippen MR) is 70.9 cm³/mol. The highest BCUT2D eigenvalue weighted by Crippen LogP contribution is 2.16. The average molecular weight is 241 g/mol. The van der Waals surface area contributed by atoms with Crippen LogP contribution in [-0.2, 0) is 11.3 Å². The lowest BCUT2D eigenvalue weighted by molar-refractivity contribution is 0.0518. The highest BCUT2D eigenvalue weighted by molar-refractivity contribution is 7.09. The van der Waals surface area contributed by atoms with Gasteiger partial charge in [-0.2, -0.15) is 0 Å². The summed E-state index contributed by atoms with van der Waals surface area (Å²) in [5, 5.41) is 5.54. The van der Waals surface area contributed by atoms with Crippen LogP contribution in [0.25, 0.3) is 0 Å². The van der Waals surface area contributed by atoms with Crippen LogP contribution in [0.2, 0.25) is 0 Å². The minimum absolute atomic E-state index is 0.196. The van der Waals surface area contributed by atoms with E-state index in [0.717, 1.165) is 19.8 Å². The van der Waals surface area contributed by atoms with Gasteiger partial charge in [0.2, 0.25) is 0 Å². The molecule has 1 N–H and O–H groups in total. The van der Waals surface area contributed by atoms with Crippen LogP contribution in [-0.4, -0.2) is 19.2 Å². The van der Waals surface area contributed by atoms with Gasteiger partial charge < -0.3 is 10.1 Å². The molecule has 0 saturated carbocycles. The molecule has 92 valence electrons. The van der Waals surface area contributed by atoms with Crippen molar-refractivity contribution in [3.8, 4) is 0 Å². The number of ether oxygens (including phenoxy) is 1. The maximum Gasteiger partial charge on any atom is 0.0809 e. The Labute approximate surface area is 103 Å². The van der Waals surface area contributed by atoms with Gasteiger partial charge >= 0.3 is 0 Å². The smallest absolute Gasteiger partial charge is 0.0809 e. The molecule has 0 aliphatic carbocycles. The van der Waals surface area contributed by atoms with Gasteiger partial charge in [0.15, 0.2) is 0 Å². The molecule has 0 fully saturated rings. The molecule has 0 unspecified atom stereocenters. The van der Waals surface area contributed by atoms with Gasteiger partial charge in [0.25, 0.3) is 0 Å². The molecule has 3 heteroatoms. The van der Waals surface area contributed by atoms with Crippen molar-refractivity contribution in [3.63, 3.8) is 0 Å². The van der Waals surface area contributed by atoms with Crippen LogP contribution >= 0.6 is 11.3 Å². The van der Waals surface area contributed by atoms with E-state index < -0.39 is 0 Å². The van der Waals surface area contributed by atoms with Crippen molar-refractivity contribution in [1.82, 2.24) is 5.32 Å². The first kappa shape index (κ1) is 13.7. The number of thiophene rings is 1. The Morgan fingerprint density at radius 3 is 2.75 bits per heavy atom. The molecule has 0 aromatic carbocycles. The van der Waals surface area contributed by atoms with Crippen LogP contribution in [0.4, 0.5) is 0 Å². The van der Waals surface area contributed by atoms with E-state index in [0.29, 0.717) is 6.04 Å². The molecule has 0 radical (unpaired) electrons. The van der Waals surface area contributed by atoms with Crippen molar-refractivity contribution in [1.29, 1.82) is 0 Å². The highest BCUT2D eigenvalue weighted by atomic mass is 32.1. The van der Waals surface area contributed by atoms with Crippen LogP contribution in [0.5, 0.6) is 0 Å². The summed E-state index contributed by atoms with van der Waals surface area (Å²) in [6, 6.07) is 4.72. The van der Waals surface area contributed by atoms with E-state index in [9.17, 15) is 0 Å². The van der Waals surface area contributed by atoms with Crippen LogP contribution < -0.4 is 5.32 Å². The topological polar surface area (TPSA) is 21.3 Å². The summed E-state index contributed by atoms with van der Waals surface area (Å²) in [5.41, 5.74) is 0.196. The number of hydrogen-bond acceptors (Lipinski definition) is 3. The third-order valence-corrected chi connectivity index (χ3v) is 3.16. The maximum absolute atomic E-state index is 5.75. The summed E-state index contributed by atoms with van der Waals surface area (Å²) in [6.07, 6.45) is 0. The van der Waals surface area contributed by atoms with Crippen molar-refractivity contribution >= 4 is 11.3 Å². The monoisotopic (exact) mass is 241 g/mol. The van der Waals surface area contributed by atoms with E-state index >= 15 is 0 Å². The standard InChI is InChI=1S/C13H23NOS/c1-11(2)14-9-13(3,4)10-15-8-12-6-5-7-16-12/h5-7,11,14H,8-10H2,1-4H3. The largest absolute Gasteiger partial charge is 0.375 e. The molecule has 0 spiro atoms. The summed E-state index contributed by atoms with van der Waals surface area (Å²) in [6.45, 7) is 11.3. The normalized spacial score (nSPS) is 12.3. The molecular weight excluding hydrogens is 218 g/mol. The van der Waals surface area contributed by atoms with Crippen molar-refractivity contribution in [2.24, 2.45) is 5.41 Å². The number of hydrogen-bond donors (Lipinski definition) is 1. The van der Waals surface area contributed by atoms with Gasteiger partial charge in [-0.25, -0.2) is 0 Å². The third kappa shape index (κ3) is 5.64. The third-order valence-electron chi connectivity index (χ3n) is 2.31. The Hall–Kier alpha value is -0.380. The second-order valence-electron chi connectivity index (χ2n) is 5.27. The zero-order valence-electron chi connectivity index (χ0n) is 10.7. The fourth-order valence-corrected chi connectivity index (χ4v) is 1.99. The minimum Gasteiger partial charge on any atom is -0.375 e. The van der Waals surface area contributed by atoms with Gasteiger partial charge in [-0.1, -0.05) is 33.8 Å². The van der Waals surface area contributed by atoms with Crippen molar-refractivity contribution < 1.29 is 4.74 Å². The number of rotatable bonds is 7. The predicted octanol–water partition coefficient (Wildman–Crippen LogP) is 3.29. The lowest BCUT2D eigenvalue weighted by Crippen LogP contribution is -2.36. The van der Waals surface area contributed by atoms with E-state index in [1.165, 1.54) is 4.88 Å². The highest BCUT2D eigenvalue weighted by Gasteiger charge is 2.18. The molecule has 16 heavy (non-hydrogen) atoms. The SMILES string of the molecule is CC(C)NCC(C)(C)COCc1cccs1. The van der Waals surface area contributed by atoms with Gasteiger partial charge in [-0.15, -0.1) is 11.3 Å². The Morgan fingerprint density at radius 1 is 1.44 bits per heavy atom. The molecule has 1 rings (SSSR count). The Balaban J connectivity index is 2.20. The summed E-state index contributed by atoms with van der Waals surface area (Å²) in [4.78, 5) is 1.30. The number of nitrogens with one attached hydrogen (secondary N) is 1. The second-order valence-corrected chi connectivity index (χ2v) is 6.30. The molecule has 0 bridgehead atoms.